The molecule has 1 amide bonds. The molecule has 374 valence electrons. The summed E-state index contributed by atoms with van der Waals surface area (Å²) in [5.41, 5.74) is 0. The third kappa shape index (κ3) is 34.5. The Morgan fingerprint density at radius 2 is 0.891 bits per heavy atom. The van der Waals surface area contributed by atoms with Gasteiger partial charge in [-0.05, 0) is 70.6 Å². The average molecular weight is 904 g/mol. The Kier molecular flexibility index (Phi) is 42.3. The minimum absolute atomic E-state index is 0.192. The molecule has 0 aliphatic carbocycles. The molecule has 9 heteroatoms. The van der Waals surface area contributed by atoms with Crippen molar-refractivity contribution in [1.82, 2.24) is 5.32 Å². The van der Waals surface area contributed by atoms with E-state index < -0.39 is 49.5 Å². The molecule has 0 spiro atoms. The van der Waals surface area contributed by atoms with Crippen LogP contribution >= 0.6 is 0 Å². The van der Waals surface area contributed by atoms with E-state index in [9.17, 15) is 30.3 Å². The van der Waals surface area contributed by atoms with Crippen LogP contribution in [0.5, 0.6) is 0 Å². The number of carbonyl (C=O) groups excluding carboxylic acids is 1. The Morgan fingerprint density at radius 1 is 0.516 bits per heavy atom. The smallest absolute Gasteiger partial charge is 0.220 e. The van der Waals surface area contributed by atoms with Crippen LogP contribution in [-0.4, -0.2) is 87.5 Å². The van der Waals surface area contributed by atoms with Crippen LogP contribution in [0, 0.1) is 0 Å². The second-order valence-electron chi connectivity index (χ2n) is 18.6. The highest BCUT2D eigenvalue weighted by Crippen LogP contribution is 2.23. The summed E-state index contributed by atoms with van der Waals surface area (Å²) < 4.78 is 11.2. The zero-order valence-corrected chi connectivity index (χ0v) is 41.3. The molecule has 0 bridgehead atoms. The number of ether oxygens (including phenoxy) is 2. The molecule has 6 N–H and O–H groups in total. The van der Waals surface area contributed by atoms with Gasteiger partial charge in [-0.1, -0.05) is 210 Å². The lowest BCUT2D eigenvalue weighted by atomic mass is 9.99. The van der Waals surface area contributed by atoms with Crippen molar-refractivity contribution in [3.8, 4) is 0 Å². The second-order valence-corrected chi connectivity index (χ2v) is 18.6. The number of aliphatic hydroxyl groups is 5. The normalized spacial score (nSPS) is 20.4. The number of unbranched alkanes of at least 4 members (excludes halogenated alkanes) is 29. The molecule has 0 aromatic carbocycles. The Bertz CT molecular complexity index is 1140. The number of hydrogen-bond acceptors (Lipinski definition) is 8. The fourth-order valence-electron chi connectivity index (χ4n) is 8.30. The average Bonchev–Trinajstić information content (AvgIpc) is 3.29. The van der Waals surface area contributed by atoms with Crippen LogP contribution in [0.1, 0.15) is 239 Å². The van der Waals surface area contributed by atoms with Gasteiger partial charge in [-0.15, -0.1) is 0 Å². The van der Waals surface area contributed by atoms with Crippen LogP contribution in [0.2, 0.25) is 0 Å². The molecule has 7 atom stereocenters. The van der Waals surface area contributed by atoms with Gasteiger partial charge in [0.1, 0.15) is 24.4 Å². The molecule has 1 aliphatic rings. The first kappa shape index (κ1) is 60.2. The van der Waals surface area contributed by atoms with Gasteiger partial charge in [-0.25, -0.2) is 0 Å². The predicted molar refractivity (Wildman–Crippen MR) is 267 cm³/mol. The SMILES string of the molecule is CCCCCCC/C=C/CC/C=C/CC/C=C/C(O)C(COC1OC(CO)C(O)C(O)C1O)NC(=O)CCCCCCCCCCCC/C=C\CCCCCCCCCCCCCC. The molecule has 9 nitrogen and oxygen atoms in total. The van der Waals surface area contributed by atoms with Crippen molar-refractivity contribution in [2.75, 3.05) is 13.2 Å². The summed E-state index contributed by atoms with van der Waals surface area (Å²) in [5, 5.41) is 54.3. The Labute approximate surface area is 393 Å². The molecular weight excluding hydrogens is 803 g/mol. The van der Waals surface area contributed by atoms with Crippen molar-refractivity contribution in [1.29, 1.82) is 0 Å². The summed E-state index contributed by atoms with van der Waals surface area (Å²) in [6, 6.07) is -0.829. The fraction of sp³-hybridized carbons (Fsp3) is 0.836. The quantitative estimate of drug-likeness (QED) is 0.0261. The van der Waals surface area contributed by atoms with Gasteiger partial charge in [-0.3, -0.25) is 4.79 Å². The first-order valence-electron chi connectivity index (χ1n) is 26.9. The van der Waals surface area contributed by atoms with E-state index in [0.717, 1.165) is 51.4 Å². The highest BCUT2D eigenvalue weighted by molar-refractivity contribution is 5.76. The Morgan fingerprint density at radius 3 is 1.31 bits per heavy atom. The van der Waals surface area contributed by atoms with Crippen LogP contribution < -0.4 is 5.32 Å². The summed E-state index contributed by atoms with van der Waals surface area (Å²) >= 11 is 0. The number of nitrogens with one attached hydrogen (secondary N) is 1. The molecule has 1 heterocycles. The van der Waals surface area contributed by atoms with Gasteiger partial charge < -0.3 is 40.3 Å². The van der Waals surface area contributed by atoms with Crippen molar-refractivity contribution >= 4 is 5.91 Å². The monoisotopic (exact) mass is 904 g/mol. The molecule has 7 unspecified atom stereocenters. The van der Waals surface area contributed by atoms with E-state index in [1.165, 1.54) is 167 Å². The van der Waals surface area contributed by atoms with E-state index in [4.69, 9.17) is 9.47 Å². The zero-order valence-electron chi connectivity index (χ0n) is 41.3. The minimum atomic E-state index is -1.57. The van der Waals surface area contributed by atoms with Gasteiger partial charge in [0.05, 0.1) is 25.4 Å². The summed E-state index contributed by atoms with van der Waals surface area (Å²) in [6.07, 6.45) is 51.7. The Balaban J connectivity index is 2.25. The van der Waals surface area contributed by atoms with Gasteiger partial charge in [-0.2, -0.15) is 0 Å². The van der Waals surface area contributed by atoms with E-state index >= 15 is 0 Å². The third-order valence-electron chi connectivity index (χ3n) is 12.6. The maximum absolute atomic E-state index is 13.0. The van der Waals surface area contributed by atoms with Crippen molar-refractivity contribution in [2.24, 2.45) is 0 Å². The number of aliphatic hydroxyl groups excluding tert-OH is 5. The highest BCUT2D eigenvalue weighted by Gasteiger charge is 2.44. The van der Waals surface area contributed by atoms with E-state index in [1.807, 2.05) is 6.08 Å². The van der Waals surface area contributed by atoms with Gasteiger partial charge in [0.2, 0.25) is 5.91 Å². The molecular formula is C55H101NO8. The maximum atomic E-state index is 13.0. The zero-order chi connectivity index (χ0) is 46.6. The summed E-state index contributed by atoms with van der Waals surface area (Å²) in [6.45, 7) is 3.75. The second kappa shape index (κ2) is 45.0. The molecule has 1 aliphatic heterocycles. The van der Waals surface area contributed by atoms with E-state index in [0.29, 0.717) is 6.42 Å². The van der Waals surface area contributed by atoms with Crippen molar-refractivity contribution < 1.29 is 39.8 Å². The molecule has 0 aromatic rings. The fourth-order valence-corrected chi connectivity index (χ4v) is 8.30. The molecule has 1 saturated heterocycles. The lowest BCUT2D eigenvalue weighted by Gasteiger charge is -2.40. The van der Waals surface area contributed by atoms with Crippen LogP contribution in [0.15, 0.2) is 48.6 Å². The number of amides is 1. The van der Waals surface area contributed by atoms with Crippen molar-refractivity contribution in [2.45, 2.75) is 281 Å². The number of rotatable bonds is 45. The molecule has 0 radical (unpaired) electrons. The largest absolute Gasteiger partial charge is 0.394 e. The molecule has 1 fully saturated rings. The summed E-state index contributed by atoms with van der Waals surface area (Å²) in [7, 11) is 0. The third-order valence-corrected chi connectivity index (χ3v) is 12.6. The van der Waals surface area contributed by atoms with E-state index in [1.54, 1.807) is 6.08 Å². The molecule has 1 rings (SSSR count). The van der Waals surface area contributed by atoms with Crippen molar-refractivity contribution in [3.63, 3.8) is 0 Å². The van der Waals surface area contributed by atoms with Gasteiger partial charge >= 0.3 is 0 Å². The van der Waals surface area contributed by atoms with E-state index in [-0.39, 0.29) is 12.5 Å². The van der Waals surface area contributed by atoms with E-state index in [2.05, 4.69) is 55.6 Å². The lowest BCUT2D eigenvalue weighted by Crippen LogP contribution is -2.60. The van der Waals surface area contributed by atoms with Crippen molar-refractivity contribution in [3.05, 3.63) is 48.6 Å². The van der Waals surface area contributed by atoms with Crippen LogP contribution in [0.25, 0.3) is 0 Å². The standard InChI is InChI=1S/C55H101NO8/c1-3-5-7-9-11-13-15-17-19-20-21-22-23-24-25-26-27-28-29-31-33-35-37-39-41-43-45-51(59)56-48(47-63-55-54(62)53(61)52(60)50(46-57)64-55)49(58)44-42-40-38-36-34-32-30-18-16-14-12-10-8-6-4-2/h16,18,24-25,34,36,42,44,48-50,52-55,57-58,60-62H,3-15,17,19-23,26-33,35,37-41,43,45-47H2,1-2H3,(H,56,59)/b18-16+,25-24-,36-34+,44-42+. The molecule has 0 saturated carbocycles. The topological polar surface area (TPSA) is 149 Å². The van der Waals surface area contributed by atoms with Gasteiger partial charge in [0, 0.05) is 6.42 Å². The predicted octanol–water partition coefficient (Wildman–Crippen LogP) is 12.6. The summed E-state index contributed by atoms with van der Waals surface area (Å²) in [4.78, 5) is 13.0. The lowest BCUT2D eigenvalue weighted by molar-refractivity contribution is -0.302. The van der Waals surface area contributed by atoms with Crippen LogP contribution in [-0.2, 0) is 14.3 Å². The number of hydrogen-bond donors (Lipinski definition) is 6. The van der Waals surface area contributed by atoms with Gasteiger partial charge in [0.25, 0.3) is 0 Å². The first-order chi connectivity index (χ1) is 31.3. The summed E-state index contributed by atoms with van der Waals surface area (Å²) in [5.74, 6) is -0.192. The first-order valence-corrected chi connectivity index (χ1v) is 26.9. The maximum Gasteiger partial charge on any atom is 0.220 e. The minimum Gasteiger partial charge on any atom is -0.394 e. The highest BCUT2D eigenvalue weighted by atomic mass is 16.7. The Hall–Kier alpha value is -1.85. The molecule has 0 aromatic heterocycles. The van der Waals surface area contributed by atoms with Gasteiger partial charge in [0.15, 0.2) is 6.29 Å². The van der Waals surface area contributed by atoms with Crippen LogP contribution in [0.3, 0.4) is 0 Å². The van der Waals surface area contributed by atoms with Crippen LogP contribution in [0.4, 0.5) is 0 Å². The molecule has 64 heavy (non-hydrogen) atoms. The number of carbonyl (C=O) groups is 1. The number of allylic oxidation sites excluding steroid dienone is 7.